The Labute approximate surface area is 110 Å². The number of nitrogens with zero attached hydrogens (tertiary/aromatic N) is 2. The van der Waals surface area contributed by atoms with Crippen molar-refractivity contribution < 1.29 is 0 Å². The number of nitrogens with two attached hydrogens (primary N) is 1. The Hall–Kier alpha value is -1.09. The lowest BCUT2D eigenvalue weighted by Gasteiger charge is -2.38. The smallest absolute Gasteiger partial charge is 0.128 e. The van der Waals surface area contributed by atoms with Gasteiger partial charge in [-0.2, -0.15) is 0 Å². The van der Waals surface area contributed by atoms with Crippen molar-refractivity contribution in [3.8, 4) is 0 Å². The first-order valence-electron chi connectivity index (χ1n) is 7.10. The summed E-state index contributed by atoms with van der Waals surface area (Å²) in [7, 11) is 0. The van der Waals surface area contributed by atoms with Crippen molar-refractivity contribution in [2.75, 3.05) is 11.4 Å². The molecule has 0 aliphatic carbocycles. The number of anilines is 1. The molecule has 2 N–H and O–H groups in total. The van der Waals surface area contributed by atoms with Gasteiger partial charge in [0.2, 0.25) is 0 Å². The second-order valence-electron chi connectivity index (χ2n) is 5.59. The molecule has 2 heterocycles. The number of aromatic nitrogens is 1. The van der Waals surface area contributed by atoms with E-state index in [0.29, 0.717) is 6.04 Å². The van der Waals surface area contributed by atoms with E-state index in [0.717, 1.165) is 23.8 Å². The van der Waals surface area contributed by atoms with E-state index < -0.39 is 0 Å². The fraction of sp³-hybridized carbons (Fsp3) is 0.667. The molecule has 1 aromatic rings. The van der Waals surface area contributed by atoms with Gasteiger partial charge in [-0.25, -0.2) is 4.98 Å². The van der Waals surface area contributed by atoms with Crippen molar-refractivity contribution in [1.29, 1.82) is 0 Å². The summed E-state index contributed by atoms with van der Waals surface area (Å²) in [5.74, 6) is 1.92. The van der Waals surface area contributed by atoms with Crippen molar-refractivity contribution in [2.24, 2.45) is 11.7 Å². The minimum absolute atomic E-state index is 0.0636. The molecule has 1 aromatic heterocycles. The molecule has 1 aliphatic rings. The monoisotopic (exact) mass is 247 g/mol. The highest BCUT2D eigenvalue weighted by atomic mass is 15.2. The first kappa shape index (κ1) is 13.3. The fourth-order valence-electron chi connectivity index (χ4n) is 2.67. The van der Waals surface area contributed by atoms with Crippen molar-refractivity contribution in [3.63, 3.8) is 0 Å². The zero-order valence-electron chi connectivity index (χ0n) is 11.8. The molecule has 2 rings (SSSR count). The Morgan fingerprint density at radius 1 is 1.44 bits per heavy atom. The molecule has 100 valence electrons. The van der Waals surface area contributed by atoms with E-state index in [1.165, 1.54) is 19.3 Å². The maximum Gasteiger partial charge on any atom is 0.128 e. The third kappa shape index (κ3) is 2.83. The summed E-state index contributed by atoms with van der Waals surface area (Å²) in [5, 5.41) is 0. The molecular formula is C15H25N3. The van der Waals surface area contributed by atoms with Crippen LogP contribution in [-0.4, -0.2) is 17.6 Å². The summed E-state index contributed by atoms with van der Waals surface area (Å²) < 4.78 is 0. The van der Waals surface area contributed by atoms with Gasteiger partial charge in [0.05, 0.1) is 0 Å². The van der Waals surface area contributed by atoms with Gasteiger partial charge < -0.3 is 10.6 Å². The van der Waals surface area contributed by atoms with E-state index in [1.54, 1.807) is 0 Å². The summed E-state index contributed by atoms with van der Waals surface area (Å²) in [6, 6.07) is 4.89. The average molecular weight is 247 g/mol. The molecule has 0 radical (unpaired) electrons. The molecule has 3 unspecified atom stereocenters. The Kier molecular flexibility index (Phi) is 4.23. The quantitative estimate of drug-likeness (QED) is 0.892. The maximum absolute atomic E-state index is 5.86. The van der Waals surface area contributed by atoms with Crippen LogP contribution in [0.25, 0.3) is 0 Å². The van der Waals surface area contributed by atoms with Crippen LogP contribution in [0, 0.1) is 5.92 Å². The van der Waals surface area contributed by atoms with Crippen LogP contribution < -0.4 is 10.6 Å². The van der Waals surface area contributed by atoms with E-state index in [9.17, 15) is 0 Å². The van der Waals surface area contributed by atoms with Gasteiger partial charge in [-0.1, -0.05) is 19.4 Å². The van der Waals surface area contributed by atoms with Crippen molar-refractivity contribution in [2.45, 2.75) is 52.1 Å². The highest BCUT2D eigenvalue weighted by molar-refractivity contribution is 5.41. The highest BCUT2D eigenvalue weighted by Crippen LogP contribution is 2.28. The number of hydrogen-bond acceptors (Lipinski definition) is 3. The first-order valence-corrected chi connectivity index (χ1v) is 7.10. The Morgan fingerprint density at radius 2 is 2.22 bits per heavy atom. The SMILES string of the molecule is CCC1CCC(C)N(c2ccc(C(C)N)cn2)C1. The minimum atomic E-state index is 0.0636. The first-order chi connectivity index (χ1) is 8.61. The fourth-order valence-corrected chi connectivity index (χ4v) is 2.67. The summed E-state index contributed by atoms with van der Waals surface area (Å²) in [6.07, 6.45) is 5.81. The second-order valence-corrected chi connectivity index (χ2v) is 5.59. The standard InChI is InChI=1S/C15H25N3/c1-4-13-6-5-11(2)18(10-13)15-8-7-14(9-17-15)12(3)16/h7-9,11-13H,4-6,10,16H2,1-3H3. The number of rotatable bonds is 3. The molecule has 0 saturated carbocycles. The molecule has 18 heavy (non-hydrogen) atoms. The summed E-state index contributed by atoms with van der Waals surface area (Å²) in [4.78, 5) is 7.04. The van der Waals surface area contributed by atoms with Crippen LogP contribution in [0.15, 0.2) is 18.3 Å². The normalized spacial score (nSPS) is 26.1. The van der Waals surface area contributed by atoms with Crippen LogP contribution in [0.3, 0.4) is 0 Å². The van der Waals surface area contributed by atoms with Gasteiger partial charge in [-0.15, -0.1) is 0 Å². The van der Waals surface area contributed by atoms with Crippen molar-refractivity contribution >= 4 is 5.82 Å². The number of hydrogen-bond donors (Lipinski definition) is 1. The van der Waals surface area contributed by atoms with Gasteiger partial charge in [0.15, 0.2) is 0 Å². The van der Waals surface area contributed by atoms with Gasteiger partial charge >= 0.3 is 0 Å². The van der Waals surface area contributed by atoms with E-state index in [2.05, 4.69) is 35.9 Å². The lowest BCUT2D eigenvalue weighted by Crippen LogP contribution is -2.42. The van der Waals surface area contributed by atoms with Crippen LogP contribution in [0.1, 0.15) is 51.6 Å². The van der Waals surface area contributed by atoms with Gasteiger partial charge in [0, 0.05) is 24.8 Å². The minimum Gasteiger partial charge on any atom is -0.354 e. The Bertz CT molecular complexity index is 372. The molecule has 0 amide bonds. The molecule has 1 aliphatic heterocycles. The van der Waals surface area contributed by atoms with Crippen LogP contribution in [0.4, 0.5) is 5.82 Å². The molecule has 3 heteroatoms. The predicted octanol–water partition coefficient (Wildman–Crippen LogP) is 3.12. The van der Waals surface area contributed by atoms with E-state index >= 15 is 0 Å². The molecule has 1 saturated heterocycles. The molecular weight excluding hydrogens is 222 g/mol. The Morgan fingerprint density at radius 3 is 2.78 bits per heavy atom. The number of pyridine rings is 1. The largest absolute Gasteiger partial charge is 0.354 e. The third-order valence-electron chi connectivity index (χ3n) is 4.15. The molecule has 1 fully saturated rings. The third-order valence-corrected chi connectivity index (χ3v) is 4.15. The summed E-state index contributed by atoms with van der Waals surface area (Å²) in [6.45, 7) is 7.72. The molecule has 0 bridgehead atoms. The van der Waals surface area contributed by atoms with Crippen LogP contribution >= 0.6 is 0 Å². The van der Waals surface area contributed by atoms with Crippen LogP contribution in [0.2, 0.25) is 0 Å². The van der Waals surface area contributed by atoms with Crippen molar-refractivity contribution in [3.05, 3.63) is 23.9 Å². The average Bonchev–Trinajstić information content (AvgIpc) is 2.39. The van der Waals surface area contributed by atoms with E-state index in [1.807, 2.05) is 13.1 Å². The zero-order valence-corrected chi connectivity index (χ0v) is 11.8. The maximum atomic E-state index is 5.86. The Balaban J connectivity index is 2.13. The summed E-state index contributed by atoms with van der Waals surface area (Å²) >= 11 is 0. The topological polar surface area (TPSA) is 42.1 Å². The molecule has 0 spiro atoms. The van der Waals surface area contributed by atoms with Crippen LogP contribution in [-0.2, 0) is 0 Å². The second kappa shape index (κ2) is 5.70. The van der Waals surface area contributed by atoms with Gasteiger partial charge in [0.1, 0.15) is 5.82 Å². The molecule has 0 aromatic carbocycles. The van der Waals surface area contributed by atoms with Crippen LogP contribution in [0.5, 0.6) is 0 Å². The highest BCUT2D eigenvalue weighted by Gasteiger charge is 2.25. The van der Waals surface area contributed by atoms with Crippen molar-refractivity contribution in [1.82, 2.24) is 4.98 Å². The number of piperidine rings is 1. The van der Waals surface area contributed by atoms with E-state index in [-0.39, 0.29) is 6.04 Å². The van der Waals surface area contributed by atoms with Gasteiger partial charge in [0.25, 0.3) is 0 Å². The lowest BCUT2D eigenvalue weighted by atomic mass is 9.91. The predicted molar refractivity (Wildman–Crippen MR) is 76.7 cm³/mol. The molecule has 3 nitrogen and oxygen atoms in total. The van der Waals surface area contributed by atoms with Gasteiger partial charge in [-0.3, -0.25) is 0 Å². The summed E-state index contributed by atoms with van der Waals surface area (Å²) in [5.41, 5.74) is 6.97. The van der Waals surface area contributed by atoms with Gasteiger partial charge in [-0.05, 0) is 44.2 Å². The van der Waals surface area contributed by atoms with E-state index in [4.69, 9.17) is 5.73 Å². The molecule has 3 atom stereocenters. The zero-order chi connectivity index (χ0) is 13.1. The lowest BCUT2D eigenvalue weighted by molar-refractivity contribution is 0.357.